The van der Waals surface area contributed by atoms with Crippen molar-refractivity contribution in [1.29, 1.82) is 0 Å². The van der Waals surface area contributed by atoms with Gasteiger partial charge < -0.3 is 10.2 Å². The molecule has 0 radical (unpaired) electrons. The number of fused-ring (bicyclic) bond motifs is 1. The molecule has 1 aliphatic rings. The zero-order valence-corrected chi connectivity index (χ0v) is 18.8. The van der Waals surface area contributed by atoms with Crippen LogP contribution in [0.4, 0.5) is 16.2 Å². The number of hydrogen-bond acceptors (Lipinski definition) is 6. The van der Waals surface area contributed by atoms with Crippen LogP contribution in [0.15, 0.2) is 47.4 Å². The predicted molar refractivity (Wildman–Crippen MR) is 122 cm³/mol. The van der Waals surface area contributed by atoms with Crippen LogP contribution >= 0.6 is 23.2 Å². The molecule has 3 aromatic rings. The Balaban J connectivity index is 1.91. The minimum absolute atomic E-state index is 0.00560. The second kappa shape index (κ2) is 9.12. The zero-order chi connectivity index (χ0) is 22.0. The highest BCUT2D eigenvalue weighted by atomic mass is 35.5. The Morgan fingerprint density at radius 1 is 1.10 bits per heavy atom. The van der Waals surface area contributed by atoms with Crippen LogP contribution in [0, 0.1) is 0 Å². The highest BCUT2D eigenvalue weighted by Gasteiger charge is 2.31. The van der Waals surface area contributed by atoms with Crippen LogP contribution in [0.5, 0.6) is 0 Å². The molecule has 7 nitrogen and oxygen atoms in total. The summed E-state index contributed by atoms with van der Waals surface area (Å²) < 4.78 is 41.6. The molecule has 1 aliphatic heterocycles. The molecular formula is C20H20Cl2FN5O2S. The first-order valence-electron chi connectivity index (χ1n) is 9.68. The Labute approximate surface area is 189 Å². The molecule has 0 amide bonds. The molecule has 1 fully saturated rings. The maximum atomic E-state index is 13.6. The second-order valence-electron chi connectivity index (χ2n) is 6.94. The Kier molecular flexibility index (Phi) is 6.47. The number of nitrogens with one attached hydrogen (secondary N) is 1. The third-order valence-corrected chi connectivity index (χ3v) is 7.46. The lowest BCUT2D eigenvalue weighted by Crippen LogP contribution is -2.44. The van der Waals surface area contributed by atoms with E-state index in [-0.39, 0.29) is 20.8 Å². The van der Waals surface area contributed by atoms with Gasteiger partial charge in [-0.3, -0.25) is 0 Å². The first-order valence-corrected chi connectivity index (χ1v) is 11.9. The van der Waals surface area contributed by atoms with E-state index < -0.39 is 23.2 Å². The molecule has 0 bridgehead atoms. The quantitative estimate of drug-likeness (QED) is 0.577. The van der Waals surface area contributed by atoms with Gasteiger partial charge >= 0.3 is 0 Å². The smallest absolute Gasteiger partial charge is 0.267 e. The van der Waals surface area contributed by atoms with Crippen LogP contribution in [0.3, 0.4) is 0 Å². The minimum Gasteiger partial charge on any atom is -0.338 e. The van der Waals surface area contributed by atoms with Crippen molar-refractivity contribution in [3.63, 3.8) is 0 Å². The number of anilines is 2. The Morgan fingerprint density at radius 2 is 1.84 bits per heavy atom. The van der Waals surface area contributed by atoms with E-state index >= 15 is 0 Å². The van der Waals surface area contributed by atoms with Gasteiger partial charge in [-0.2, -0.15) is 4.98 Å². The van der Waals surface area contributed by atoms with E-state index in [4.69, 9.17) is 23.2 Å². The van der Waals surface area contributed by atoms with Crippen molar-refractivity contribution < 1.29 is 12.8 Å². The lowest BCUT2D eigenvalue weighted by atomic mass is 10.2. The van der Waals surface area contributed by atoms with E-state index in [0.717, 1.165) is 17.4 Å². The molecule has 0 spiro atoms. The van der Waals surface area contributed by atoms with Crippen molar-refractivity contribution >= 4 is 55.9 Å². The summed E-state index contributed by atoms with van der Waals surface area (Å²) in [6.45, 7) is 1.54. The van der Waals surface area contributed by atoms with Crippen molar-refractivity contribution in [2.24, 2.45) is 0 Å². The maximum Gasteiger partial charge on any atom is 0.267 e. The van der Waals surface area contributed by atoms with Crippen molar-refractivity contribution in [1.82, 2.24) is 15.3 Å². The summed E-state index contributed by atoms with van der Waals surface area (Å²) in [5.41, 5.74) is 0.567. The predicted octanol–water partition coefficient (Wildman–Crippen LogP) is 3.51. The van der Waals surface area contributed by atoms with Crippen LogP contribution in [-0.4, -0.2) is 57.8 Å². The monoisotopic (exact) mass is 483 g/mol. The van der Waals surface area contributed by atoms with Crippen LogP contribution in [0.25, 0.3) is 10.9 Å². The SMILES string of the molecule is O=S(=O)(c1cc(Cl)ccc1Cl)N(CCF)c1nc(N2CCNCC2)nc2ccccc12. The minimum atomic E-state index is -4.25. The van der Waals surface area contributed by atoms with Gasteiger partial charge in [0.25, 0.3) is 10.0 Å². The molecule has 1 N–H and O–H groups in total. The first kappa shape index (κ1) is 22.0. The summed E-state index contributed by atoms with van der Waals surface area (Å²) in [5, 5.41) is 3.95. The Morgan fingerprint density at radius 3 is 2.58 bits per heavy atom. The normalized spacial score (nSPS) is 14.7. The van der Waals surface area contributed by atoms with Gasteiger partial charge in [0, 0.05) is 36.6 Å². The molecule has 31 heavy (non-hydrogen) atoms. The summed E-state index contributed by atoms with van der Waals surface area (Å²) in [7, 11) is -4.25. The standard InChI is InChI=1S/C20H20Cl2FN5O2S/c21-14-5-6-16(22)18(13-14)31(29,30)28(10-7-23)19-15-3-1-2-4-17(15)25-20(26-19)27-11-8-24-9-12-27/h1-6,13,24H,7-12H2. The van der Waals surface area contributed by atoms with Gasteiger partial charge in [0.1, 0.15) is 11.6 Å². The molecular weight excluding hydrogens is 464 g/mol. The Bertz CT molecular complexity index is 1210. The van der Waals surface area contributed by atoms with E-state index in [0.29, 0.717) is 29.9 Å². The van der Waals surface area contributed by atoms with Crippen molar-refractivity contribution in [2.45, 2.75) is 4.90 Å². The van der Waals surface area contributed by atoms with Crippen molar-refractivity contribution in [2.75, 3.05) is 48.6 Å². The van der Waals surface area contributed by atoms with E-state index in [1.54, 1.807) is 18.2 Å². The van der Waals surface area contributed by atoms with E-state index in [2.05, 4.69) is 15.3 Å². The molecule has 2 aromatic carbocycles. The van der Waals surface area contributed by atoms with Gasteiger partial charge in [0.15, 0.2) is 5.82 Å². The van der Waals surface area contributed by atoms with E-state index in [9.17, 15) is 12.8 Å². The first-order chi connectivity index (χ1) is 14.9. The van der Waals surface area contributed by atoms with Gasteiger partial charge in [-0.1, -0.05) is 35.3 Å². The fourth-order valence-electron chi connectivity index (χ4n) is 3.45. The fourth-order valence-corrected chi connectivity index (χ4v) is 5.61. The van der Waals surface area contributed by atoms with Gasteiger partial charge in [0.05, 0.1) is 17.1 Å². The average Bonchev–Trinajstić information content (AvgIpc) is 2.79. The summed E-state index contributed by atoms with van der Waals surface area (Å²) in [5.74, 6) is 0.499. The number of aromatic nitrogens is 2. The van der Waals surface area contributed by atoms with E-state index in [1.807, 2.05) is 11.0 Å². The zero-order valence-electron chi connectivity index (χ0n) is 16.4. The number of nitrogens with zero attached hydrogens (tertiary/aromatic N) is 4. The van der Waals surface area contributed by atoms with Crippen molar-refractivity contribution in [3.8, 4) is 0 Å². The summed E-state index contributed by atoms with van der Waals surface area (Å²) in [6, 6.07) is 11.2. The number of piperazine rings is 1. The molecule has 1 saturated heterocycles. The number of hydrogen-bond donors (Lipinski definition) is 1. The Hall–Kier alpha value is -2.20. The topological polar surface area (TPSA) is 78.4 Å². The van der Waals surface area contributed by atoms with Crippen molar-refractivity contribution in [3.05, 3.63) is 52.5 Å². The lowest BCUT2D eigenvalue weighted by molar-refractivity contribution is 0.499. The highest BCUT2D eigenvalue weighted by Crippen LogP contribution is 2.34. The lowest BCUT2D eigenvalue weighted by Gasteiger charge is -2.29. The number of halogens is 3. The second-order valence-corrected chi connectivity index (χ2v) is 9.62. The fraction of sp³-hybridized carbons (Fsp3) is 0.300. The molecule has 4 rings (SSSR count). The van der Waals surface area contributed by atoms with Crippen LogP contribution in [0.1, 0.15) is 0 Å². The summed E-state index contributed by atoms with van der Waals surface area (Å²) in [6.07, 6.45) is 0. The number of sulfonamides is 1. The number of rotatable bonds is 6. The third-order valence-electron chi connectivity index (χ3n) is 4.96. The number of alkyl halides is 1. The average molecular weight is 484 g/mol. The molecule has 0 unspecified atom stereocenters. The van der Waals surface area contributed by atoms with Gasteiger partial charge in [-0.15, -0.1) is 0 Å². The molecule has 0 aliphatic carbocycles. The van der Waals surface area contributed by atoms with E-state index in [1.165, 1.54) is 18.2 Å². The van der Waals surface area contributed by atoms with Crippen LogP contribution < -0.4 is 14.5 Å². The van der Waals surface area contributed by atoms with Gasteiger partial charge in [0.2, 0.25) is 5.95 Å². The third kappa shape index (κ3) is 4.41. The maximum absolute atomic E-state index is 13.6. The summed E-state index contributed by atoms with van der Waals surface area (Å²) >= 11 is 12.2. The molecule has 164 valence electrons. The van der Waals surface area contributed by atoms with Crippen LogP contribution in [0.2, 0.25) is 10.0 Å². The molecule has 0 atom stereocenters. The van der Waals surface area contributed by atoms with Gasteiger partial charge in [-0.05, 0) is 30.3 Å². The molecule has 2 heterocycles. The molecule has 1 aromatic heterocycles. The largest absolute Gasteiger partial charge is 0.338 e. The summed E-state index contributed by atoms with van der Waals surface area (Å²) in [4.78, 5) is 11.0. The molecule has 0 saturated carbocycles. The number of para-hydroxylation sites is 1. The van der Waals surface area contributed by atoms with Gasteiger partial charge in [-0.25, -0.2) is 22.1 Å². The molecule has 11 heteroatoms. The van der Waals surface area contributed by atoms with Crippen LogP contribution in [-0.2, 0) is 10.0 Å². The highest BCUT2D eigenvalue weighted by molar-refractivity contribution is 7.93. The number of benzene rings is 2.